The number of unbranched alkanes of at least 4 members (excludes halogenated alkanes) is 1. The minimum absolute atomic E-state index is 0.103. The lowest BCUT2D eigenvalue weighted by Crippen LogP contribution is -2.29. The van der Waals surface area contributed by atoms with Crippen molar-refractivity contribution in [2.45, 2.75) is 32.7 Å². The van der Waals surface area contributed by atoms with Crippen molar-refractivity contribution < 1.29 is 9.84 Å². The van der Waals surface area contributed by atoms with Gasteiger partial charge >= 0.3 is 0 Å². The minimum atomic E-state index is -0.103. The zero-order chi connectivity index (χ0) is 14.3. The second-order valence-corrected chi connectivity index (χ2v) is 4.75. The topological polar surface area (TPSA) is 58.7 Å². The third-order valence-corrected chi connectivity index (χ3v) is 3.21. The van der Waals surface area contributed by atoms with Crippen LogP contribution in [0.1, 0.15) is 38.3 Å². The van der Waals surface area contributed by atoms with Crippen LogP contribution in [-0.2, 0) is 0 Å². The second-order valence-electron chi connectivity index (χ2n) is 4.75. The standard InChI is InChI=1S/C15H26N2O2/c1-4-5-9-17(10-11-18)13-7-6-8-14(19-3)15(13)12(2)16/h6-8,12,18H,4-5,9-11,16H2,1-3H3/t12-/m1/s1. The van der Waals surface area contributed by atoms with Crippen molar-refractivity contribution >= 4 is 5.69 Å². The average Bonchev–Trinajstić information content (AvgIpc) is 2.42. The van der Waals surface area contributed by atoms with E-state index < -0.39 is 0 Å². The van der Waals surface area contributed by atoms with Crippen LogP contribution < -0.4 is 15.4 Å². The average molecular weight is 266 g/mol. The van der Waals surface area contributed by atoms with E-state index in [2.05, 4.69) is 11.8 Å². The first kappa shape index (κ1) is 15.8. The summed E-state index contributed by atoms with van der Waals surface area (Å²) in [5.74, 6) is 0.812. The first-order chi connectivity index (χ1) is 9.15. The second kappa shape index (κ2) is 8.02. The van der Waals surface area contributed by atoms with Crippen molar-refractivity contribution in [3.05, 3.63) is 23.8 Å². The van der Waals surface area contributed by atoms with Crippen molar-refractivity contribution in [3.63, 3.8) is 0 Å². The molecule has 0 heterocycles. The smallest absolute Gasteiger partial charge is 0.125 e. The molecule has 19 heavy (non-hydrogen) atoms. The van der Waals surface area contributed by atoms with Crippen molar-refractivity contribution in [2.24, 2.45) is 5.73 Å². The number of methoxy groups -OCH3 is 1. The minimum Gasteiger partial charge on any atom is -0.496 e. The molecule has 1 rings (SSSR count). The third-order valence-electron chi connectivity index (χ3n) is 3.21. The number of aliphatic hydroxyl groups excluding tert-OH is 1. The van der Waals surface area contributed by atoms with E-state index in [-0.39, 0.29) is 12.6 Å². The van der Waals surface area contributed by atoms with Crippen molar-refractivity contribution in [1.82, 2.24) is 0 Å². The van der Waals surface area contributed by atoms with E-state index in [0.717, 1.165) is 36.4 Å². The van der Waals surface area contributed by atoms with E-state index in [1.807, 2.05) is 25.1 Å². The predicted octanol–water partition coefficient (Wildman–Crippen LogP) is 2.31. The van der Waals surface area contributed by atoms with Gasteiger partial charge in [-0.25, -0.2) is 0 Å². The number of nitrogens with two attached hydrogens (primary N) is 1. The van der Waals surface area contributed by atoms with Crippen molar-refractivity contribution in [3.8, 4) is 5.75 Å². The highest BCUT2D eigenvalue weighted by Crippen LogP contribution is 2.33. The fourth-order valence-electron chi connectivity index (χ4n) is 2.27. The van der Waals surface area contributed by atoms with Gasteiger partial charge in [-0.3, -0.25) is 0 Å². The molecular formula is C15H26N2O2. The summed E-state index contributed by atoms with van der Waals surface area (Å²) in [6.07, 6.45) is 2.22. The Morgan fingerprint density at radius 1 is 1.37 bits per heavy atom. The number of hydrogen-bond acceptors (Lipinski definition) is 4. The summed E-state index contributed by atoms with van der Waals surface area (Å²) in [7, 11) is 1.66. The molecule has 0 aliphatic heterocycles. The molecule has 0 aliphatic rings. The molecule has 0 bridgehead atoms. The molecule has 1 aromatic carbocycles. The molecule has 0 saturated heterocycles. The largest absolute Gasteiger partial charge is 0.496 e. The van der Waals surface area contributed by atoms with Crippen molar-refractivity contribution in [1.29, 1.82) is 0 Å². The van der Waals surface area contributed by atoms with Crippen LogP contribution in [0, 0.1) is 0 Å². The maximum Gasteiger partial charge on any atom is 0.125 e. The summed E-state index contributed by atoms with van der Waals surface area (Å²) in [6, 6.07) is 5.84. The van der Waals surface area contributed by atoms with Gasteiger partial charge in [-0.1, -0.05) is 19.4 Å². The molecule has 0 amide bonds. The van der Waals surface area contributed by atoms with Gasteiger partial charge in [-0.2, -0.15) is 0 Å². The van der Waals surface area contributed by atoms with Gasteiger partial charge in [0.2, 0.25) is 0 Å². The zero-order valence-corrected chi connectivity index (χ0v) is 12.2. The summed E-state index contributed by atoms with van der Waals surface area (Å²) in [5, 5.41) is 9.25. The van der Waals surface area contributed by atoms with Crippen LogP contribution in [0.3, 0.4) is 0 Å². The zero-order valence-electron chi connectivity index (χ0n) is 12.2. The molecule has 1 aromatic rings. The number of ether oxygens (including phenoxy) is 1. The lowest BCUT2D eigenvalue weighted by Gasteiger charge is -2.28. The molecule has 0 unspecified atom stereocenters. The van der Waals surface area contributed by atoms with Crippen molar-refractivity contribution in [2.75, 3.05) is 31.7 Å². The van der Waals surface area contributed by atoms with Gasteiger partial charge in [0.1, 0.15) is 5.75 Å². The summed E-state index contributed by atoms with van der Waals surface area (Å²) in [4.78, 5) is 2.19. The Labute approximate surface area is 116 Å². The fourth-order valence-corrected chi connectivity index (χ4v) is 2.27. The lowest BCUT2D eigenvalue weighted by atomic mass is 10.0. The predicted molar refractivity (Wildman–Crippen MR) is 79.8 cm³/mol. The van der Waals surface area contributed by atoms with Crippen LogP contribution in [0.4, 0.5) is 5.69 Å². The first-order valence-electron chi connectivity index (χ1n) is 6.94. The molecule has 1 atom stereocenters. The summed E-state index contributed by atoms with van der Waals surface area (Å²) >= 11 is 0. The Morgan fingerprint density at radius 2 is 2.11 bits per heavy atom. The Kier molecular flexibility index (Phi) is 6.67. The third kappa shape index (κ3) is 4.11. The van der Waals surface area contributed by atoms with Crippen LogP contribution >= 0.6 is 0 Å². The van der Waals surface area contributed by atoms with Gasteiger partial charge in [-0.15, -0.1) is 0 Å². The van der Waals surface area contributed by atoms with Gasteiger partial charge < -0.3 is 20.5 Å². The lowest BCUT2D eigenvalue weighted by molar-refractivity contribution is 0.301. The number of rotatable bonds is 8. The molecule has 3 N–H and O–H groups in total. The highest BCUT2D eigenvalue weighted by atomic mass is 16.5. The molecule has 0 aromatic heterocycles. The molecule has 0 spiro atoms. The Bertz CT molecular complexity index is 380. The van der Waals surface area contributed by atoms with Crippen LogP contribution in [0.25, 0.3) is 0 Å². The Hall–Kier alpha value is -1.26. The summed E-state index contributed by atoms with van der Waals surface area (Å²) < 4.78 is 5.41. The van der Waals surface area contributed by atoms with Crippen LogP contribution in [0.5, 0.6) is 5.75 Å². The number of aliphatic hydroxyl groups is 1. The number of hydrogen-bond donors (Lipinski definition) is 2. The maximum absolute atomic E-state index is 9.25. The maximum atomic E-state index is 9.25. The van der Waals surface area contributed by atoms with Crippen LogP contribution in [0.15, 0.2) is 18.2 Å². The van der Waals surface area contributed by atoms with E-state index >= 15 is 0 Å². The van der Waals surface area contributed by atoms with Gasteiger partial charge in [0.15, 0.2) is 0 Å². The number of benzene rings is 1. The van der Waals surface area contributed by atoms with Gasteiger partial charge in [0.05, 0.1) is 13.7 Å². The van der Waals surface area contributed by atoms with E-state index in [9.17, 15) is 5.11 Å². The van der Waals surface area contributed by atoms with Gasteiger partial charge in [0, 0.05) is 30.4 Å². The van der Waals surface area contributed by atoms with E-state index in [1.54, 1.807) is 7.11 Å². The molecule has 4 heteroatoms. The fraction of sp³-hybridized carbons (Fsp3) is 0.600. The first-order valence-corrected chi connectivity index (χ1v) is 6.94. The van der Waals surface area contributed by atoms with E-state index in [4.69, 9.17) is 10.5 Å². The molecule has 4 nitrogen and oxygen atoms in total. The highest BCUT2D eigenvalue weighted by Gasteiger charge is 2.17. The Balaban J connectivity index is 3.13. The normalized spacial score (nSPS) is 12.3. The molecule has 0 fully saturated rings. The van der Waals surface area contributed by atoms with E-state index in [1.165, 1.54) is 0 Å². The SMILES string of the molecule is CCCCN(CCO)c1cccc(OC)c1[C@@H](C)N. The van der Waals surface area contributed by atoms with Gasteiger partial charge in [0.25, 0.3) is 0 Å². The quantitative estimate of drug-likeness (QED) is 0.758. The molecule has 0 radical (unpaired) electrons. The summed E-state index contributed by atoms with van der Waals surface area (Å²) in [6.45, 7) is 5.80. The molecule has 0 aliphatic carbocycles. The number of nitrogens with zero attached hydrogens (tertiary/aromatic N) is 1. The molecule has 0 saturated carbocycles. The van der Waals surface area contributed by atoms with Gasteiger partial charge in [-0.05, 0) is 25.5 Å². The number of anilines is 1. The van der Waals surface area contributed by atoms with E-state index in [0.29, 0.717) is 6.54 Å². The highest BCUT2D eigenvalue weighted by molar-refractivity contribution is 5.60. The Morgan fingerprint density at radius 3 is 2.63 bits per heavy atom. The molecular weight excluding hydrogens is 240 g/mol. The molecule has 108 valence electrons. The van der Waals surface area contributed by atoms with Crippen LogP contribution in [0.2, 0.25) is 0 Å². The summed E-state index contributed by atoms with van der Waals surface area (Å²) in [5.41, 5.74) is 8.16. The van der Waals surface area contributed by atoms with Crippen LogP contribution in [-0.4, -0.2) is 31.9 Å². The monoisotopic (exact) mass is 266 g/mol.